The minimum Gasteiger partial charge on any atom is -0.507 e. The van der Waals surface area contributed by atoms with Crippen LogP contribution in [0.25, 0.3) is 22.3 Å². The maximum atomic E-state index is 11.7. The summed E-state index contributed by atoms with van der Waals surface area (Å²) >= 11 is 0. The van der Waals surface area contributed by atoms with E-state index < -0.39 is 0 Å². The summed E-state index contributed by atoms with van der Waals surface area (Å²) in [6, 6.07) is 108. The van der Waals surface area contributed by atoms with Crippen molar-refractivity contribution in [2.24, 2.45) is 15.4 Å². The van der Waals surface area contributed by atoms with Crippen LogP contribution in [0, 0.1) is 5.41 Å². The normalized spacial score (nSPS) is 11.4. The first kappa shape index (κ1) is 56.3. The molecule has 0 fully saturated rings. The van der Waals surface area contributed by atoms with Crippen LogP contribution in [0.5, 0.6) is 11.5 Å². The molecule has 0 aliphatic heterocycles. The van der Waals surface area contributed by atoms with Gasteiger partial charge in [0, 0.05) is 110 Å². The van der Waals surface area contributed by atoms with Gasteiger partial charge in [-0.1, -0.05) is 172 Å². The van der Waals surface area contributed by atoms with E-state index in [2.05, 4.69) is 264 Å². The van der Waals surface area contributed by atoms with Crippen molar-refractivity contribution in [2.75, 3.05) is 32.7 Å². The molecule has 12 aromatic rings. The first-order valence-corrected chi connectivity index (χ1v) is 29.3. The Morgan fingerprint density at radius 2 is 0.483 bits per heavy atom. The van der Waals surface area contributed by atoms with Crippen LogP contribution in [0.2, 0.25) is 0 Å². The molecular formula is C79H66N6O2. The highest BCUT2D eigenvalue weighted by atomic mass is 16.3. The van der Waals surface area contributed by atoms with Crippen LogP contribution >= 0.6 is 0 Å². The molecule has 0 spiro atoms. The topological polar surface area (TPSA) is 78.1 Å². The fourth-order valence-corrected chi connectivity index (χ4v) is 10.9. The molecule has 0 saturated carbocycles. The molecule has 0 bridgehead atoms. The van der Waals surface area contributed by atoms with Crippen molar-refractivity contribution in [3.63, 3.8) is 0 Å². The van der Waals surface area contributed by atoms with E-state index >= 15 is 0 Å². The number of nitrogens with zero attached hydrogens (tertiary/aromatic N) is 6. The number of phenols is 2. The fraction of sp³-hybridized carbons (Fsp3) is 0.0633. The Morgan fingerprint density at radius 1 is 0.264 bits per heavy atom. The standard InChI is InChI=1S/C79H66N6O2/c1-79(2,57-80-55-61-45-43-59(51-77(61)86)63-47-73(82(65-27-11-3-12-28-65)66-29-13-4-14-30-66)53-74(48-63)83(67-31-15-5-16-32-67)68-33-17-6-18-34-68)58-81-56-62-46-44-60(52-78(62)87)64-49-75(84(69-35-19-7-20-36-69)70-37-21-8-22-38-70)54-76(50-64)85(71-39-23-9-24-40-71)72-41-25-10-26-42-72/h3-56,86-87H,57-58H2,1-2H3. The van der Waals surface area contributed by atoms with Crippen LogP contribution in [0.4, 0.5) is 68.2 Å². The monoisotopic (exact) mass is 1130 g/mol. The van der Waals surface area contributed by atoms with Crippen molar-refractivity contribution in [1.29, 1.82) is 0 Å². The van der Waals surface area contributed by atoms with Crippen LogP contribution in [-0.4, -0.2) is 35.7 Å². The maximum absolute atomic E-state index is 11.7. The van der Waals surface area contributed by atoms with Gasteiger partial charge in [0.25, 0.3) is 0 Å². The molecule has 0 unspecified atom stereocenters. The second-order valence-corrected chi connectivity index (χ2v) is 22.2. The number of anilines is 12. The molecule has 0 saturated heterocycles. The first-order valence-electron chi connectivity index (χ1n) is 29.3. The predicted molar refractivity (Wildman–Crippen MR) is 365 cm³/mol. The molecule has 0 amide bonds. The zero-order valence-corrected chi connectivity index (χ0v) is 48.7. The van der Waals surface area contributed by atoms with Gasteiger partial charge in [-0.15, -0.1) is 0 Å². The average molecular weight is 1130 g/mol. The van der Waals surface area contributed by atoms with Gasteiger partial charge in [0.2, 0.25) is 0 Å². The van der Waals surface area contributed by atoms with E-state index in [9.17, 15) is 10.2 Å². The van der Waals surface area contributed by atoms with E-state index in [1.807, 2.05) is 84.9 Å². The summed E-state index contributed by atoms with van der Waals surface area (Å²) in [6.45, 7) is 5.15. The van der Waals surface area contributed by atoms with Gasteiger partial charge >= 0.3 is 0 Å². The van der Waals surface area contributed by atoms with E-state index in [1.54, 1.807) is 12.4 Å². The molecule has 0 aliphatic rings. The average Bonchev–Trinajstić information content (AvgIpc) is 3.24. The third-order valence-corrected chi connectivity index (χ3v) is 15.2. The summed E-state index contributed by atoms with van der Waals surface area (Å²) in [4.78, 5) is 18.8. The van der Waals surface area contributed by atoms with E-state index in [1.165, 1.54) is 0 Å². The molecule has 0 atom stereocenters. The molecule has 2 N–H and O–H groups in total. The van der Waals surface area contributed by atoms with Crippen LogP contribution in [0.3, 0.4) is 0 Å². The fourth-order valence-electron chi connectivity index (χ4n) is 10.9. The van der Waals surface area contributed by atoms with Gasteiger partial charge in [-0.2, -0.15) is 0 Å². The number of phenolic OH excluding ortho intramolecular Hbond substituents is 2. The van der Waals surface area contributed by atoms with Crippen molar-refractivity contribution >= 4 is 80.7 Å². The Bertz CT molecular complexity index is 3630. The number of hydrogen-bond donors (Lipinski definition) is 2. The number of benzene rings is 12. The van der Waals surface area contributed by atoms with Gasteiger partial charge in [0.15, 0.2) is 0 Å². The second-order valence-electron chi connectivity index (χ2n) is 22.2. The number of aromatic hydroxyl groups is 2. The zero-order valence-electron chi connectivity index (χ0n) is 48.7. The van der Waals surface area contributed by atoms with Crippen molar-refractivity contribution in [1.82, 2.24) is 0 Å². The Labute approximate surface area is 510 Å². The van der Waals surface area contributed by atoms with Gasteiger partial charge in [0.05, 0.1) is 0 Å². The van der Waals surface area contributed by atoms with E-state index in [4.69, 9.17) is 9.98 Å². The minimum absolute atomic E-state index is 0.126. The molecule has 424 valence electrons. The Kier molecular flexibility index (Phi) is 16.9. The molecule has 12 aromatic carbocycles. The third kappa shape index (κ3) is 13.3. The van der Waals surface area contributed by atoms with E-state index in [-0.39, 0.29) is 16.9 Å². The summed E-state index contributed by atoms with van der Waals surface area (Å²) in [6.07, 6.45) is 3.49. The van der Waals surface area contributed by atoms with E-state index in [0.29, 0.717) is 24.2 Å². The molecule has 8 heteroatoms. The molecule has 8 nitrogen and oxygen atoms in total. The van der Waals surface area contributed by atoms with E-state index in [0.717, 1.165) is 90.5 Å². The largest absolute Gasteiger partial charge is 0.507 e. The van der Waals surface area contributed by atoms with Crippen molar-refractivity contribution in [3.8, 4) is 33.8 Å². The lowest BCUT2D eigenvalue weighted by atomic mass is 9.94. The summed E-state index contributed by atoms with van der Waals surface area (Å²) in [5.74, 6) is 0.252. The van der Waals surface area contributed by atoms with Crippen LogP contribution < -0.4 is 19.6 Å². The highest BCUT2D eigenvalue weighted by Crippen LogP contribution is 2.46. The Morgan fingerprint density at radius 3 is 0.690 bits per heavy atom. The number of para-hydroxylation sites is 8. The van der Waals surface area contributed by atoms with Crippen molar-refractivity contribution < 1.29 is 10.2 Å². The summed E-state index contributed by atoms with van der Waals surface area (Å²) in [7, 11) is 0. The molecule has 0 aliphatic carbocycles. The summed E-state index contributed by atoms with van der Waals surface area (Å²) < 4.78 is 0. The Hall–Kier alpha value is -11.2. The van der Waals surface area contributed by atoms with Crippen molar-refractivity contribution in [2.45, 2.75) is 13.8 Å². The van der Waals surface area contributed by atoms with Gasteiger partial charge < -0.3 is 29.8 Å². The first-order chi connectivity index (χ1) is 42.7. The van der Waals surface area contributed by atoms with Crippen LogP contribution in [0.15, 0.2) is 325 Å². The van der Waals surface area contributed by atoms with Gasteiger partial charge in [0.1, 0.15) is 11.5 Å². The molecule has 0 aromatic heterocycles. The van der Waals surface area contributed by atoms with Crippen LogP contribution in [-0.2, 0) is 0 Å². The second kappa shape index (κ2) is 26.1. The predicted octanol–water partition coefficient (Wildman–Crippen LogP) is 20.9. The van der Waals surface area contributed by atoms with Crippen molar-refractivity contribution in [3.05, 3.63) is 327 Å². The minimum atomic E-state index is -0.342. The third-order valence-electron chi connectivity index (χ3n) is 15.2. The summed E-state index contributed by atoms with van der Waals surface area (Å²) in [5.41, 5.74) is 16.5. The molecule has 87 heavy (non-hydrogen) atoms. The Balaban J connectivity index is 0.802. The lowest BCUT2D eigenvalue weighted by Gasteiger charge is -2.30. The molecule has 0 heterocycles. The molecular weight excluding hydrogens is 1060 g/mol. The lowest BCUT2D eigenvalue weighted by Crippen LogP contribution is -2.19. The van der Waals surface area contributed by atoms with Crippen LogP contribution in [0.1, 0.15) is 25.0 Å². The highest BCUT2D eigenvalue weighted by Gasteiger charge is 2.23. The molecule has 12 rings (SSSR count). The number of hydrogen-bond acceptors (Lipinski definition) is 8. The molecule has 0 radical (unpaired) electrons. The SMILES string of the molecule is CC(C)(CN=Cc1ccc(-c2cc(N(c3ccccc3)c3ccccc3)cc(N(c3ccccc3)c3ccccc3)c2)cc1O)CN=Cc1ccc(-c2cc(N(c3ccccc3)c3ccccc3)cc(N(c3ccccc3)c3ccccc3)c2)cc1O. The highest BCUT2D eigenvalue weighted by molar-refractivity contribution is 5.92. The van der Waals surface area contributed by atoms with Gasteiger partial charge in [-0.05, 0) is 180 Å². The van der Waals surface area contributed by atoms with Gasteiger partial charge in [-0.25, -0.2) is 0 Å². The lowest BCUT2D eigenvalue weighted by molar-refractivity contribution is 0.396. The maximum Gasteiger partial charge on any atom is 0.124 e. The zero-order chi connectivity index (χ0) is 59.4. The smallest absolute Gasteiger partial charge is 0.124 e. The number of aliphatic imine (C=N–C) groups is 2. The summed E-state index contributed by atoms with van der Waals surface area (Å²) in [5, 5.41) is 23.5. The number of rotatable bonds is 20. The quantitative estimate of drug-likeness (QED) is 0.0741. The van der Waals surface area contributed by atoms with Gasteiger partial charge in [-0.3, -0.25) is 9.98 Å².